The van der Waals surface area contributed by atoms with Gasteiger partial charge in [-0.3, -0.25) is 0 Å². The van der Waals surface area contributed by atoms with Crippen LogP contribution in [0.4, 0.5) is 10.1 Å². The second kappa shape index (κ2) is 11.4. The normalized spacial score (nSPS) is 17.7. The van der Waals surface area contributed by atoms with Crippen LogP contribution >= 0.6 is 11.3 Å². The minimum Gasteiger partial charge on any atom is -0.476 e. The minimum absolute atomic E-state index is 0.00826. The van der Waals surface area contributed by atoms with Crippen LogP contribution in [-0.4, -0.2) is 42.1 Å². The second-order valence-electron chi connectivity index (χ2n) is 12.5. The molecule has 0 bridgehead atoms. The maximum atomic E-state index is 14.9. The summed E-state index contributed by atoms with van der Waals surface area (Å²) in [5.74, 6) is 0.320. The largest absolute Gasteiger partial charge is 0.476 e. The first-order chi connectivity index (χ1) is 21.1. The zero-order chi connectivity index (χ0) is 30.6. The van der Waals surface area contributed by atoms with E-state index in [-0.39, 0.29) is 5.69 Å². The Morgan fingerprint density at radius 1 is 1.02 bits per heavy atom. The molecule has 230 valence electrons. The van der Waals surface area contributed by atoms with Crippen LogP contribution in [0.15, 0.2) is 58.8 Å². The van der Waals surface area contributed by atoms with Crippen LogP contribution in [0, 0.1) is 23.6 Å². The first-order valence-electron chi connectivity index (χ1n) is 15.2. The van der Waals surface area contributed by atoms with Crippen molar-refractivity contribution in [2.24, 2.45) is 22.9 Å². The molecule has 0 radical (unpaired) electrons. The van der Waals surface area contributed by atoms with Crippen LogP contribution in [0.1, 0.15) is 60.3 Å². The lowest BCUT2D eigenvalue weighted by atomic mass is 9.92. The SMILES string of the molecule is NS(=O)(=O)c1ccc(Cn2c(-c3cccc(N4CCC(C5CC5)CC4)c3)cc(-c3nc(C(=O)O)cs3)c2CC2CC2)cc1F. The summed E-state index contributed by atoms with van der Waals surface area (Å²) < 4.78 is 40.8. The van der Waals surface area contributed by atoms with Gasteiger partial charge < -0.3 is 14.6 Å². The van der Waals surface area contributed by atoms with Gasteiger partial charge in [-0.2, -0.15) is 0 Å². The molecule has 44 heavy (non-hydrogen) atoms. The third-order valence-electron chi connectivity index (χ3n) is 9.32. The molecule has 1 saturated heterocycles. The van der Waals surface area contributed by atoms with E-state index >= 15 is 0 Å². The van der Waals surface area contributed by atoms with Crippen LogP contribution in [0.3, 0.4) is 0 Å². The molecule has 8 nitrogen and oxygen atoms in total. The fourth-order valence-electron chi connectivity index (χ4n) is 6.62. The Balaban J connectivity index is 1.31. The number of nitrogens with two attached hydrogens (primary N) is 1. The van der Waals surface area contributed by atoms with E-state index in [2.05, 4.69) is 44.8 Å². The van der Waals surface area contributed by atoms with Gasteiger partial charge >= 0.3 is 5.97 Å². The van der Waals surface area contributed by atoms with Gasteiger partial charge in [0.05, 0.1) is 0 Å². The summed E-state index contributed by atoms with van der Waals surface area (Å²) in [6, 6.07) is 14.6. The van der Waals surface area contributed by atoms with E-state index in [1.165, 1.54) is 54.8 Å². The zero-order valence-corrected chi connectivity index (χ0v) is 25.9. The topological polar surface area (TPSA) is 119 Å². The highest BCUT2D eigenvalue weighted by atomic mass is 32.2. The van der Waals surface area contributed by atoms with Crippen LogP contribution in [0.25, 0.3) is 21.8 Å². The number of anilines is 1. The molecule has 3 fully saturated rings. The van der Waals surface area contributed by atoms with E-state index in [0.29, 0.717) is 23.0 Å². The molecule has 0 atom stereocenters. The maximum absolute atomic E-state index is 14.9. The third-order valence-corrected chi connectivity index (χ3v) is 11.1. The van der Waals surface area contributed by atoms with Crippen molar-refractivity contribution in [3.8, 4) is 21.8 Å². The van der Waals surface area contributed by atoms with Gasteiger partial charge in [-0.25, -0.2) is 27.7 Å². The van der Waals surface area contributed by atoms with Gasteiger partial charge in [0.2, 0.25) is 10.0 Å². The standard InChI is InChI=1S/C33H35FN4O4S2/c34-27-14-21(6-9-31(27)44(35,41)42)18-38-29(17-26(30(38)15-20-4-5-20)32-36-28(19-43-32)33(39)40)24-2-1-3-25(16-24)37-12-10-23(11-13-37)22-7-8-22/h1-3,6,9,14,16-17,19-20,22-23H,4-5,7-8,10-13,15,18H2,(H,39,40)(H2,35,41,42). The number of halogens is 1. The van der Waals surface area contributed by atoms with E-state index in [0.717, 1.165) is 66.7 Å². The number of sulfonamides is 1. The van der Waals surface area contributed by atoms with E-state index in [1.807, 2.05) is 0 Å². The van der Waals surface area contributed by atoms with Crippen molar-refractivity contribution >= 4 is 33.0 Å². The summed E-state index contributed by atoms with van der Waals surface area (Å²) in [7, 11) is -4.19. The van der Waals surface area contributed by atoms with Gasteiger partial charge in [0.25, 0.3) is 0 Å². The number of primary sulfonamides is 1. The smallest absolute Gasteiger partial charge is 0.355 e. The number of hydrogen-bond donors (Lipinski definition) is 2. The molecule has 2 aromatic heterocycles. The van der Waals surface area contributed by atoms with Gasteiger partial charge in [-0.15, -0.1) is 11.3 Å². The first kappa shape index (κ1) is 29.2. The molecular formula is C33H35FN4O4S2. The fraction of sp³-hybridized carbons (Fsp3) is 0.394. The summed E-state index contributed by atoms with van der Waals surface area (Å²) >= 11 is 1.30. The molecule has 0 spiro atoms. The molecule has 7 rings (SSSR count). The lowest BCUT2D eigenvalue weighted by molar-refractivity contribution is 0.0691. The average Bonchev–Trinajstić information content (AvgIpc) is 3.92. The number of carboxylic acids is 1. The highest BCUT2D eigenvalue weighted by molar-refractivity contribution is 7.89. The molecule has 0 unspecified atom stereocenters. The van der Waals surface area contributed by atoms with Gasteiger partial charge in [0.1, 0.15) is 15.7 Å². The number of carbonyl (C=O) groups is 1. The molecule has 11 heteroatoms. The number of thiazole rings is 1. The van der Waals surface area contributed by atoms with Gasteiger partial charge in [-0.1, -0.05) is 18.2 Å². The van der Waals surface area contributed by atoms with Crippen molar-refractivity contribution < 1.29 is 22.7 Å². The molecule has 2 aliphatic carbocycles. The Morgan fingerprint density at radius 3 is 2.41 bits per heavy atom. The number of piperidine rings is 1. The quantitative estimate of drug-likeness (QED) is 0.209. The highest BCUT2D eigenvalue weighted by Gasteiger charge is 2.34. The van der Waals surface area contributed by atoms with E-state index in [4.69, 9.17) is 5.14 Å². The fourth-order valence-corrected chi connectivity index (χ4v) is 8.04. The zero-order valence-electron chi connectivity index (χ0n) is 24.3. The molecule has 3 aliphatic rings. The van der Waals surface area contributed by atoms with Crippen molar-refractivity contribution in [2.75, 3.05) is 18.0 Å². The number of nitrogens with zero attached hydrogens (tertiary/aromatic N) is 3. The van der Waals surface area contributed by atoms with E-state index in [1.54, 1.807) is 11.4 Å². The molecule has 3 heterocycles. The van der Waals surface area contributed by atoms with Crippen molar-refractivity contribution in [3.05, 3.63) is 76.7 Å². The Labute approximate surface area is 260 Å². The first-order valence-corrected chi connectivity index (χ1v) is 17.6. The Kier molecular flexibility index (Phi) is 7.58. The number of hydrogen-bond acceptors (Lipinski definition) is 6. The van der Waals surface area contributed by atoms with Crippen LogP contribution in [-0.2, 0) is 23.0 Å². The minimum atomic E-state index is -4.19. The average molecular weight is 635 g/mol. The number of carboxylic acid groups (broad SMARTS) is 1. The number of aromatic nitrogens is 2. The summed E-state index contributed by atoms with van der Waals surface area (Å²) in [6.07, 6.45) is 8.20. The number of aromatic carboxylic acids is 1. The number of rotatable bonds is 10. The van der Waals surface area contributed by atoms with E-state index in [9.17, 15) is 22.7 Å². The Morgan fingerprint density at radius 2 is 1.77 bits per heavy atom. The maximum Gasteiger partial charge on any atom is 0.355 e. The second-order valence-corrected chi connectivity index (χ2v) is 14.9. The molecule has 3 N–H and O–H groups in total. The number of benzene rings is 2. The van der Waals surface area contributed by atoms with Crippen LogP contribution in [0.2, 0.25) is 0 Å². The van der Waals surface area contributed by atoms with Crippen LogP contribution < -0.4 is 10.0 Å². The molecule has 4 aromatic rings. The summed E-state index contributed by atoms with van der Waals surface area (Å²) in [5, 5.41) is 17.0. The van der Waals surface area contributed by atoms with Crippen molar-refractivity contribution in [3.63, 3.8) is 0 Å². The highest BCUT2D eigenvalue weighted by Crippen LogP contribution is 2.44. The van der Waals surface area contributed by atoms with Crippen molar-refractivity contribution in [2.45, 2.75) is 56.4 Å². The lowest BCUT2D eigenvalue weighted by Crippen LogP contribution is -2.34. The summed E-state index contributed by atoms with van der Waals surface area (Å²) in [4.78, 5) is 18.1. The third kappa shape index (κ3) is 6.05. The Bertz CT molecular complexity index is 1830. The van der Waals surface area contributed by atoms with Crippen LogP contribution in [0.5, 0.6) is 0 Å². The molecular weight excluding hydrogens is 600 g/mol. The predicted octanol–water partition coefficient (Wildman–Crippen LogP) is 6.39. The predicted molar refractivity (Wildman–Crippen MR) is 169 cm³/mol. The molecule has 2 saturated carbocycles. The summed E-state index contributed by atoms with van der Waals surface area (Å²) in [5.41, 5.74) is 5.59. The Hall–Kier alpha value is -3.54. The van der Waals surface area contributed by atoms with Crippen molar-refractivity contribution in [1.82, 2.24) is 9.55 Å². The van der Waals surface area contributed by atoms with Gasteiger partial charge in [0, 0.05) is 53.2 Å². The van der Waals surface area contributed by atoms with Gasteiger partial charge in [-0.05, 0) is 98.6 Å². The monoisotopic (exact) mass is 634 g/mol. The molecule has 2 aromatic carbocycles. The van der Waals surface area contributed by atoms with Gasteiger partial charge in [0.15, 0.2) is 5.69 Å². The summed E-state index contributed by atoms with van der Waals surface area (Å²) in [6.45, 7) is 2.38. The molecule has 0 amide bonds. The molecule has 1 aliphatic heterocycles. The lowest BCUT2D eigenvalue weighted by Gasteiger charge is -2.34. The van der Waals surface area contributed by atoms with E-state index < -0.39 is 26.7 Å². The van der Waals surface area contributed by atoms with Crippen molar-refractivity contribution in [1.29, 1.82) is 0 Å².